The first-order chi connectivity index (χ1) is 10.9. The standard InChI is InChI=1S/C16H15N.6FH.Sb/c1-2-7-14(8-3-1)13-17-12-6-10-15-9-4-5-11-16(15)17;;;;;;;/h1-11H,12-13H2;6*1H;/q;;;;;;;+5/p-6. The van der Waals surface area contributed by atoms with E-state index >= 15 is 0 Å². The molecule has 2 aromatic carbocycles. The van der Waals surface area contributed by atoms with Gasteiger partial charge < -0.3 is 4.90 Å². The number of hydrogen-bond acceptors (Lipinski definition) is 1. The van der Waals surface area contributed by atoms with E-state index in [2.05, 4.69) is 71.6 Å². The number of benzene rings is 2. The van der Waals surface area contributed by atoms with Crippen molar-refractivity contribution < 1.29 is 16.9 Å². The second-order valence-electron chi connectivity index (χ2n) is 5.29. The number of anilines is 1. The molecule has 0 radical (unpaired) electrons. The molecule has 0 atom stereocenters. The van der Waals surface area contributed by atoms with E-state index in [0.717, 1.165) is 13.1 Å². The van der Waals surface area contributed by atoms with E-state index < -0.39 is 19.5 Å². The zero-order valence-electron chi connectivity index (χ0n) is 12.4. The Labute approximate surface area is 138 Å². The number of nitrogens with zero attached hydrogens (tertiary/aromatic N) is 1. The Balaban J connectivity index is 0.000000256. The molecule has 1 nitrogen and oxygen atoms in total. The Bertz CT molecular complexity index is 714. The van der Waals surface area contributed by atoms with Crippen LogP contribution in [-0.2, 0) is 6.54 Å². The average Bonchev–Trinajstić information content (AvgIpc) is 2.46. The summed E-state index contributed by atoms with van der Waals surface area (Å²) >= 11 is -11.2. The molecule has 24 heavy (non-hydrogen) atoms. The summed E-state index contributed by atoms with van der Waals surface area (Å²) in [5.41, 5.74) is 4.01. The molecule has 0 aliphatic carbocycles. The SMILES string of the molecule is C1=Cc2ccccc2N(Cc2ccccc2)C1.[F][Sb-]([F])([F])([F])([F])[F]. The predicted molar refractivity (Wildman–Crippen MR) is 85.4 cm³/mol. The molecule has 0 bridgehead atoms. The molecule has 0 aromatic heterocycles. The van der Waals surface area contributed by atoms with Crippen molar-refractivity contribution in [3.63, 3.8) is 0 Å². The predicted octanol–water partition coefficient (Wildman–Crippen LogP) is 5.86. The van der Waals surface area contributed by atoms with Gasteiger partial charge in [-0.3, -0.25) is 0 Å². The van der Waals surface area contributed by atoms with E-state index in [4.69, 9.17) is 0 Å². The molecule has 132 valence electrons. The van der Waals surface area contributed by atoms with Crippen molar-refractivity contribution in [2.45, 2.75) is 6.54 Å². The Kier molecular flexibility index (Phi) is 4.70. The van der Waals surface area contributed by atoms with Crippen molar-refractivity contribution in [3.05, 3.63) is 71.8 Å². The van der Waals surface area contributed by atoms with Crippen molar-refractivity contribution >= 4 is 31.2 Å². The molecule has 1 heterocycles. The van der Waals surface area contributed by atoms with Crippen LogP contribution in [0.4, 0.5) is 22.6 Å². The van der Waals surface area contributed by atoms with Gasteiger partial charge in [-0.15, -0.1) is 0 Å². The molecule has 0 spiro atoms. The monoisotopic (exact) mass is 456 g/mol. The summed E-state index contributed by atoms with van der Waals surface area (Å²) in [5, 5.41) is 0. The van der Waals surface area contributed by atoms with E-state index in [-0.39, 0.29) is 0 Å². The molecule has 0 saturated carbocycles. The van der Waals surface area contributed by atoms with Gasteiger partial charge >= 0.3 is 36.4 Å². The van der Waals surface area contributed by atoms with Crippen LogP contribution in [0.1, 0.15) is 11.1 Å². The summed E-state index contributed by atoms with van der Waals surface area (Å²) in [4.78, 5) is 2.41. The normalized spacial score (nSPS) is 16.3. The Morgan fingerprint density at radius 2 is 1.33 bits per heavy atom. The number of hydrogen-bond donors (Lipinski definition) is 0. The summed E-state index contributed by atoms with van der Waals surface area (Å²) in [6.45, 7) is 1.97. The third-order valence-corrected chi connectivity index (χ3v) is 3.12. The van der Waals surface area contributed by atoms with Crippen LogP contribution in [0.2, 0.25) is 0 Å². The van der Waals surface area contributed by atoms with Gasteiger partial charge in [0, 0.05) is 18.8 Å². The van der Waals surface area contributed by atoms with Crippen LogP contribution < -0.4 is 4.90 Å². The van der Waals surface area contributed by atoms with Crippen molar-refractivity contribution in [3.8, 4) is 0 Å². The first kappa shape index (κ1) is 18.7. The van der Waals surface area contributed by atoms with Crippen LogP contribution in [0.15, 0.2) is 60.7 Å². The Morgan fingerprint density at radius 3 is 1.96 bits per heavy atom. The van der Waals surface area contributed by atoms with Crippen LogP contribution >= 0.6 is 0 Å². The first-order valence-electron chi connectivity index (χ1n) is 6.99. The van der Waals surface area contributed by atoms with Gasteiger partial charge in [-0.05, 0) is 17.2 Å². The zero-order valence-corrected chi connectivity index (χ0v) is 15.0. The zero-order chi connectivity index (χ0) is 17.9. The van der Waals surface area contributed by atoms with Gasteiger partial charge in [0.05, 0.1) is 0 Å². The molecule has 0 fully saturated rings. The fourth-order valence-electron chi connectivity index (χ4n) is 2.28. The van der Waals surface area contributed by atoms with Crippen molar-refractivity contribution in [1.82, 2.24) is 0 Å². The molecule has 1 aliphatic rings. The minimum atomic E-state index is -11.2. The summed E-state index contributed by atoms with van der Waals surface area (Å²) in [6, 6.07) is 19.2. The van der Waals surface area contributed by atoms with E-state index in [9.17, 15) is 16.9 Å². The third kappa shape index (κ3) is 7.77. The molecule has 0 amide bonds. The van der Waals surface area contributed by atoms with Gasteiger partial charge in [-0.1, -0.05) is 60.7 Å². The molecule has 0 unspecified atom stereocenters. The van der Waals surface area contributed by atoms with Crippen LogP contribution in [-0.4, -0.2) is 26.0 Å². The molecule has 0 saturated heterocycles. The maximum atomic E-state index is 9.93. The van der Waals surface area contributed by atoms with Gasteiger partial charge in [0.2, 0.25) is 0 Å². The molecular weight excluding hydrogens is 442 g/mol. The molecule has 2 aromatic rings. The van der Waals surface area contributed by atoms with Crippen molar-refractivity contribution in [1.29, 1.82) is 0 Å². The second kappa shape index (κ2) is 6.03. The van der Waals surface area contributed by atoms with E-state index in [1.807, 2.05) is 0 Å². The Hall–Kier alpha value is -1.62. The summed E-state index contributed by atoms with van der Waals surface area (Å²) < 4.78 is 59.6. The van der Waals surface area contributed by atoms with Crippen LogP contribution in [0.3, 0.4) is 0 Å². The number of halogens is 6. The Morgan fingerprint density at radius 1 is 0.792 bits per heavy atom. The van der Waals surface area contributed by atoms with Crippen molar-refractivity contribution in [2.75, 3.05) is 11.4 Å². The third-order valence-electron chi connectivity index (χ3n) is 3.12. The van der Waals surface area contributed by atoms with Crippen LogP contribution in [0, 0.1) is 0 Å². The molecule has 8 heteroatoms. The average molecular weight is 457 g/mol. The summed E-state index contributed by atoms with van der Waals surface area (Å²) in [7, 11) is 0. The minimum absolute atomic E-state index is 0.974. The summed E-state index contributed by atoms with van der Waals surface area (Å²) in [6.07, 6.45) is 4.43. The number of fused-ring (bicyclic) bond motifs is 1. The van der Waals surface area contributed by atoms with Gasteiger partial charge in [0.25, 0.3) is 0 Å². The fraction of sp³-hybridized carbons (Fsp3) is 0.125. The summed E-state index contributed by atoms with van der Waals surface area (Å²) in [5.74, 6) is 0. The molecular formula is C16H15F6NSb-. The topological polar surface area (TPSA) is 3.24 Å². The van der Waals surface area contributed by atoms with E-state index in [0.29, 0.717) is 0 Å². The molecule has 0 N–H and O–H groups in total. The molecule has 1 aliphatic heterocycles. The van der Waals surface area contributed by atoms with E-state index in [1.165, 1.54) is 16.8 Å². The van der Waals surface area contributed by atoms with Gasteiger partial charge in [-0.25, -0.2) is 0 Å². The fourth-order valence-corrected chi connectivity index (χ4v) is 2.28. The quantitative estimate of drug-likeness (QED) is 0.404. The maximum absolute atomic E-state index is 11.2. The molecule has 3 rings (SSSR count). The van der Waals surface area contributed by atoms with Crippen LogP contribution in [0.25, 0.3) is 6.08 Å². The second-order valence-corrected chi connectivity index (χ2v) is 10.8. The van der Waals surface area contributed by atoms with E-state index in [1.54, 1.807) is 0 Å². The van der Waals surface area contributed by atoms with Crippen LogP contribution in [0.5, 0.6) is 0 Å². The van der Waals surface area contributed by atoms with Crippen molar-refractivity contribution in [2.24, 2.45) is 0 Å². The first-order valence-corrected chi connectivity index (χ1v) is 12.8. The number of para-hydroxylation sites is 1. The number of rotatable bonds is 2. The van der Waals surface area contributed by atoms with Gasteiger partial charge in [0.15, 0.2) is 0 Å². The van der Waals surface area contributed by atoms with Gasteiger partial charge in [0.1, 0.15) is 0 Å². The van der Waals surface area contributed by atoms with Gasteiger partial charge in [-0.2, -0.15) is 0 Å².